The van der Waals surface area contributed by atoms with Crippen molar-refractivity contribution in [1.29, 1.82) is 0 Å². The van der Waals surface area contributed by atoms with Gasteiger partial charge in [-0.05, 0) is 28.3 Å². The zero-order valence-electron chi connectivity index (χ0n) is 18.0. The molecule has 0 unspecified atom stereocenters. The van der Waals surface area contributed by atoms with Crippen LogP contribution in [-0.4, -0.2) is 46.2 Å². The van der Waals surface area contributed by atoms with Crippen LogP contribution in [0.4, 0.5) is 0 Å². The molecule has 10 nitrogen and oxygen atoms in total. The van der Waals surface area contributed by atoms with Crippen LogP contribution in [0.3, 0.4) is 0 Å². The van der Waals surface area contributed by atoms with Crippen molar-refractivity contribution in [1.82, 2.24) is 35.2 Å². The quantitative estimate of drug-likeness (QED) is 0.404. The minimum atomic E-state index is -0.0371. The molecule has 170 valence electrons. The summed E-state index contributed by atoms with van der Waals surface area (Å²) >= 11 is 0. The first-order valence-electron chi connectivity index (χ1n) is 10.2. The zero-order chi connectivity index (χ0) is 21.2. The molecule has 0 saturated heterocycles. The fourth-order valence-corrected chi connectivity index (χ4v) is 3.87. The number of aromatic nitrogens is 7. The summed E-state index contributed by atoms with van der Waals surface area (Å²) in [5.41, 5.74) is 6.28. The van der Waals surface area contributed by atoms with E-state index in [1.54, 1.807) is 6.20 Å². The maximum atomic E-state index is 13.0. The van der Waals surface area contributed by atoms with E-state index in [2.05, 4.69) is 56.9 Å². The summed E-state index contributed by atoms with van der Waals surface area (Å²) in [6, 6.07) is 18.0. The molecule has 10 heteroatoms. The summed E-state index contributed by atoms with van der Waals surface area (Å²) in [7, 11) is 0. The second kappa shape index (κ2) is 9.98. The highest BCUT2D eigenvalue weighted by atomic mass is 16.1. The zero-order valence-corrected chi connectivity index (χ0v) is 18.0. The van der Waals surface area contributed by atoms with E-state index in [1.165, 1.54) is 4.52 Å². The van der Waals surface area contributed by atoms with Gasteiger partial charge in [-0.1, -0.05) is 61.9 Å². The second-order valence-electron chi connectivity index (χ2n) is 7.40. The lowest BCUT2D eigenvalue weighted by molar-refractivity contribution is 0.809. The average Bonchev–Trinajstić information content (AvgIpc) is 3.49. The summed E-state index contributed by atoms with van der Waals surface area (Å²) in [6.45, 7) is 2.10. The molecule has 3 heterocycles. The Hall–Kier alpha value is -4.15. The van der Waals surface area contributed by atoms with Crippen molar-refractivity contribution in [3.8, 4) is 22.5 Å². The average molecular weight is 447 g/mol. The molecule has 2 aromatic carbocycles. The topological polar surface area (TPSA) is 168 Å². The lowest BCUT2D eigenvalue weighted by Crippen LogP contribution is -2.23. The first-order chi connectivity index (χ1) is 15.2. The van der Waals surface area contributed by atoms with Gasteiger partial charge >= 0.3 is 0 Å². The van der Waals surface area contributed by atoms with Crippen LogP contribution >= 0.6 is 0 Å². The fourth-order valence-electron chi connectivity index (χ4n) is 3.87. The van der Waals surface area contributed by atoms with Gasteiger partial charge in [-0.15, -0.1) is 10.2 Å². The van der Waals surface area contributed by atoms with E-state index in [-0.39, 0.29) is 16.5 Å². The van der Waals surface area contributed by atoms with Crippen molar-refractivity contribution in [2.24, 2.45) is 0 Å². The van der Waals surface area contributed by atoms with E-state index in [9.17, 15) is 4.79 Å². The number of H-pyrrole nitrogens is 2. The SMILES string of the molecule is CCCc1nc2cc[nH]n2c(=O)c1Cc1ccc(-c2ccccc2-c2nn[nH]n2)cc1.O.O. The maximum absolute atomic E-state index is 13.0. The summed E-state index contributed by atoms with van der Waals surface area (Å²) in [5.74, 6) is 0.558. The molecule has 5 rings (SSSR count). The van der Waals surface area contributed by atoms with E-state index >= 15 is 0 Å². The lowest BCUT2D eigenvalue weighted by Gasteiger charge is -2.10. The van der Waals surface area contributed by atoms with Crippen molar-refractivity contribution in [2.45, 2.75) is 26.2 Å². The Morgan fingerprint density at radius 3 is 2.42 bits per heavy atom. The Balaban J connectivity index is 0.00000153. The van der Waals surface area contributed by atoms with Crippen molar-refractivity contribution < 1.29 is 11.0 Å². The van der Waals surface area contributed by atoms with Crippen molar-refractivity contribution >= 4 is 5.65 Å². The Bertz CT molecular complexity index is 1390. The van der Waals surface area contributed by atoms with Crippen molar-refractivity contribution in [2.75, 3.05) is 0 Å². The fraction of sp³-hybridized carbons (Fsp3) is 0.174. The predicted molar refractivity (Wildman–Crippen MR) is 125 cm³/mol. The van der Waals surface area contributed by atoms with Gasteiger partial charge in [0.25, 0.3) is 5.56 Å². The van der Waals surface area contributed by atoms with Gasteiger partial charge in [0.1, 0.15) is 0 Å². The summed E-state index contributed by atoms with van der Waals surface area (Å²) in [4.78, 5) is 17.7. The van der Waals surface area contributed by atoms with E-state index < -0.39 is 0 Å². The minimum absolute atomic E-state index is 0. The number of hydrogen-bond donors (Lipinski definition) is 2. The van der Waals surface area contributed by atoms with Gasteiger partial charge in [0.05, 0.1) is 5.69 Å². The van der Waals surface area contributed by atoms with Crippen LogP contribution in [0.25, 0.3) is 28.2 Å². The van der Waals surface area contributed by atoms with Gasteiger partial charge in [-0.2, -0.15) is 5.21 Å². The number of nitrogens with one attached hydrogen (secondary N) is 2. The van der Waals surface area contributed by atoms with Gasteiger partial charge in [0.15, 0.2) is 5.65 Å². The number of fused-ring (bicyclic) bond motifs is 1. The Morgan fingerprint density at radius 2 is 1.73 bits per heavy atom. The largest absolute Gasteiger partial charge is 0.412 e. The van der Waals surface area contributed by atoms with Crippen LogP contribution in [-0.2, 0) is 12.8 Å². The van der Waals surface area contributed by atoms with Gasteiger partial charge in [-0.3, -0.25) is 9.89 Å². The van der Waals surface area contributed by atoms with Crippen LogP contribution in [0.15, 0.2) is 65.6 Å². The van der Waals surface area contributed by atoms with E-state index in [0.717, 1.165) is 46.4 Å². The Morgan fingerprint density at radius 1 is 0.970 bits per heavy atom. The van der Waals surface area contributed by atoms with E-state index in [4.69, 9.17) is 4.98 Å². The number of benzene rings is 2. The van der Waals surface area contributed by atoms with Gasteiger partial charge in [-0.25, -0.2) is 9.50 Å². The van der Waals surface area contributed by atoms with Gasteiger partial charge in [0.2, 0.25) is 5.82 Å². The summed E-state index contributed by atoms with van der Waals surface area (Å²) in [5, 5.41) is 17.3. The third-order valence-corrected chi connectivity index (χ3v) is 5.37. The molecule has 33 heavy (non-hydrogen) atoms. The van der Waals surface area contributed by atoms with Gasteiger partial charge in [0, 0.05) is 29.8 Å². The molecule has 0 saturated carbocycles. The minimum Gasteiger partial charge on any atom is -0.412 e. The molecule has 0 radical (unpaired) electrons. The molecule has 5 aromatic rings. The third kappa shape index (κ3) is 4.43. The number of aryl methyl sites for hydroxylation is 1. The highest BCUT2D eigenvalue weighted by Crippen LogP contribution is 2.30. The van der Waals surface area contributed by atoms with Crippen LogP contribution < -0.4 is 5.56 Å². The van der Waals surface area contributed by atoms with E-state index in [0.29, 0.717) is 17.9 Å². The summed E-state index contributed by atoms with van der Waals surface area (Å²) in [6.07, 6.45) is 3.99. The third-order valence-electron chi connectivity index (χ3n) is 5.37. The summed E-state index contributed by atoms with van der Waals surface area (Å²) < 4.78 is 1.50. The van der Waals surface area contributed by atoms with Crippen LogP contribution in [0.1, 0.15) is 30.2 Å². The number of hydrogen-bond acceptors (Lipinski definition) is 5. The predicted octanol–water partition coefficient (Wildman–Crippen LogP) is 1.76. The Labute approximate surface area is 188 Å². The molecule has 3 aromatic heterocycles. The smallest absolute Gasteiger partial charge is 0.276 e. The van der Waals surface area contributed by atoms with Crippen LogP contribution in [0.2, 0.25) is 0 Å². The standard InChI is InChI=1S/C23H21N7O.2H2O/c1-2-5-20-19(23(31)30-21(25-20)12-13-24-30)14-15-8-10-16(11-9-15)17-6-3-4-7-18(17)22-26-28-29-27-22;;/h3-4,6-13,24H,2,5,14H2,1H3,(H,26,27,28,29);2*1H2. The number of rotatable bonds is 6. The molecule has 6 N–H and O–H groups in total. The lowest BCUT2D eigenvalue weighted by atomic mass is 9.96. The van der Waals surface area contributed by atoms with Crippen molar-refractivity contribution in [3.63, 3.8) is 0 Å². The Kier molecular flexibility index (Phi) is 7.11. The molecule has 0 bridgehead atoms. The molecule has 0 spiro atoms. The molecule has 0 aliphatic carbocycles. The van der Waals surface area contributed by atoms with Crippen LogP contribution in [0.5, 0.6) is 0 Å². The first-order valence-corrected chi connectivity index (χ1v) is 10.2. The molecule has 0 atom stereocenters. The monoisotopic (exact) mass is 447 g/mol. The van der Waals surface area contributed by atoms with E-state index in [1.807, 2.05) is 30.3 Å². The molecular formula is C23H25N7O3. The normalized spacial score (nSPS) is 10.6. The van der Waals surface area contributed by atoms with Gasteiger partial charge < -0.3 is 11.0 Å². The highest BCUT2D eigenvalue weighted by Gasteiger charge is 2.14. The first kappa shape index (κ1) is 23.5. The van der Waals surface area contributed by atoms with Crippen molar-refractivity contribution in [3.05, 3.63) is 88.0 Å². The molecular weight excluding hydrogens is 422 g/mol. The molecule has 0 aliphatic rings. The molecule has 0 amide bonds. The number of aromatic amines is 2. The highest BCUT2D eigenvalue weighted by molar-refractivity contribution is 5.80. The molecule has 0 aliphatic heterocycles. The molecule has 0 fully saturated rings. The number of nitrogens with zero attached hydrogens (tertiary/aromatic N) is 5. The second-order valence-corrected chi connectivity index (χ2v) is 7.40. The maximum Gasteiger partial charge on any atom is 0.276 e. The number of tetrazole rings is 1. The van der Waals surface area contributed by atoms with Crippen LogP contribution in [0, 0.1) is 0 Å².